The van der Waals surface area contributed by atoms with E-state index in [1.54, 1.807) is 6.07 Å². The Hall–Kier alpha value is -0.580. The minimum absolute atomic E-state index is 0.0718. The van der Waals surface area contributed by atoms with Gasteiger partial charge in [0.2, 0.25) is 0 Å². The van der Waals surface area contributed by atoms with Gasteiger partial charge in [0, 0.05) is 22.8 Å². The second kappa shape index (κ2) is 4.51. The van der Waals surface area contributed by atoms with E-state index in [1.165, 1.54) is 13.1 Å². The van der Waals surface area contributed by atoms with E-state index >= 15 is 0 Å². The van der Waals surface area contributed by atoms with Gasteiger partial charge in [-0.25, -0.2) is 0 Å². The predicted octanol–water partition coefficient (Wildman–Crippen LogP) is 3.89. The molecule has 0 amide bonds. The first-order valence-electron chi connectivity index (χ1n) is 4.48. The standard InChI is InChI=1S/C10H11BrF3N/c1-6-3-8(15-5-9(6)11)4-7(2)10(12,13)14/h3,5,7H,4H2,1-2H3. The van der Waals surface area contributed by atoms with E-state index in [-0.39, 0.29) is 6.42 Å². The number of alkyl halides is 3. The molecule has 0 bridgehead atoms. The summed E-state index contributed by atoms with van der Waals surface area (Å²) in [5, 5.41) is 0. The van der Waals surface area contributed by atoms with Gasteiger partial charge in [-0.15, -0.1) is 0 Å². The molecule has 0 N–H and O–H groups in total. The lowest BCUT2D eigenvalue weighted by molar-refractivity contribution is -0.169. The third kappa shape index (κ3) is 3.48. The van der Waals surface area contributed by atoms with Crippen LogP contribution in [0.3, 0.4) is 0 Å². The molecule has 1 aromatic rings. The summed E-state index contributed by atoms with van der Waals surface area (Å²) >= 11 is 3.25. The number of nitrogens with zero attached hydrogens (tertiary/aromatic N) is 1. The summed E-state index contributed by atoms with van der Waals surface area (Å²) in [4.78, 5) is 3.95. The van der Waals surface area contributed by atoms with Crippen LogP contribution in [0.5, 0.6) is 0 Å². The quantitative estimate of drug-likeness (QED) is 0.801. The number of rotatable bonds is 2. The van der Waals surface area contributed by atoms with Crippen LogP contribution in [0.15, 0.2) is 16.7 Å². The van der Waals surface area contributed by atoms with Crippen molar-refractivity contribution in [2.24, 2.45) is 5.92 Å². The number of aryl methyl sites for hydroxylation is 1. The molecule has 0 spiro atoms. The molecule has 1 unspecified atom stereocenters. The zero-order valence-corrected chi connectivity index (χ0v) is 9.98. The van der Waals surface area contributed by atoms with Crippen molar-refractivity contribution >= 4 is 15.9 Å². The highest BCUT2D eigenvalue weighted by Crippen LogP contribution is 2.28. The van der Waals surface area contributed by atoms with Crippen LogP contribution in [-0.4, -0.2) is 11.2 Å². The first-order valence-corrected chi connectivity index (χ1v) is 5.27. The second-order valence-corrected chi connectivity index (χ2v) is 4.43. The SMILES string of the molecule is Cc1cc(CC(C)C(F)(F)F)ncc1Br. The fourth-order valence-corrected chi connectivity index (χ4v) is 1.36. The molecule has 0 saturated carbocycles. The molecule has 0 aliphatic heterocycles. The Morgan fingerprint density at radius 2 is 2.07 bits per heavy atom. The molecule has 84 valence electrons. The molecule has 0 saturated heterocycles. The minimum atomic E-state index is -4.15. The van der Waals surface area contributed by atoms with E-state index in [0.29, 0.717) is 5.69 Å². The van der Waals surface area contributed by atoms with Gasteiger partial charge in [-0.2, -0.15) is 13.2 Å². The molecule has 1 heterocycles. The Labute approximate surface area is 94.8 Å². The Kier molecular flexibility index (Phi) is 3.76. The topological polar surface area (TPSA) is 12.9 Å². The normalized spacial score (nSPS) is 14.0. The largest absolute Gasteiger partial charge is 0.391 e. The average Bonchev–Trinajstić information content (AvgIpc) is 2.10. The molecule has 1 nitrogen and oxygen atoms in total. The molecular weight excluding hydrogens is 271 g/mol. The number of halogens is 4. The minimum Gasteiger partial charge on any atom is -0.260 e. The molecule has 1 aromatic heterocycles. The summed E-state index contributed by atoms with van der Waals surface area (Å²) in [6, 6.07) is 1.67. The van der Waals surface area contributed by atoms with E-state index in [9.17, 15) is 13.2 Å². The zero-order valence-electron chi connectivity index (χ0n) is 8.40. The van der Waals surface area contributed by atoms with Crippen molar-refractivity contribution in [2.75, 3.05) is 0 Å². The summed E-state index contributed by atoms with van der Waals surface area (Å²) < 4.78 is 37.6. The maximum Gasteiger partial charge on any atom is 0.391 e. The van der Waals surface area contributed by atoms with E-state index < -0.39 is 12.1 Å². The molecule has 1 atom stereocenters. The van der Waals surface area contributed by atoms with Crippen LogP contribution in [0.2, 0.25) is 0 Å². The lowest BCUT2D eigenvalue weighted by atomic mass is 10.0. The fraction of sp³-hybridized carbons (Fsp3) is 0.500. The number of hydrogen-bond acceptors (Lipinski definition) is 1. The van der Waals surface area contributed by atoms with Gasteiger partial charge in [0.05, 0.1) is 5.92 Å². The fourth-order valence-electron chi connectivity index (χ4n) is 1.14. The van der Waals surface area contributed by atoms with Gasteiger partial charge < -0.3 is 0 Å². The van der Waals surface area contributed by atoms with Crippen LogP contribution in [0.25, 0.3) is 0 Å². The van der Waals surface area contributed by atoms with E-state index in [1.807, 2.05) is 6.92 Å². The molecule has 1 rings (SSSR count). The van der Waals surface area contributed by atoms with Gasteiger partial charge >= 0.3 is 6.18 Å². The van der Waals surface area contributed by atoms with Crippen LogP contribution in [0.1, 0.15) is 18.2 Å². The first-order chi connectivity index (χ1) is 6.80. The summed E-state index contributed by atoms with van der Waals surface area (Å²) in [5.41, 5.74) is 1.37. The van der Waals surface area contributed by atoms with Crippen molar-refractivity contribution in [2.45, 2.75) is 26.4 Å². The lowest BCUT2D eigenvalue weighted by Gasteiger charge is -2.15. The van der Waals surface area contributed by atoms with Crippen LogP contribution < -0.4 is 0 Å². The highest BCUT2D eigenvalue weighted by atomic mass is 79.9. The molecule has 0 aliphatic carbocycles. The van der Waals surface area contributed by atoms with Crippen LogP contribution >= 0.6 is 15.9 Å². The Morgan fingerprint density at radius 1 is 1.47 bits per heavy atom. The maximum absolute atomic E-state index is 12.3. The molecular formula is C10H11BrF3N. The summed E-state index contributed by atoms with van der Waals surface area (Å²) in [6.45, 7) is 2.99. The van der Waals surface area contributed by atoms with E-state index in [2.05, 4.69) is 20.9 Å². The van der Waals surface area contributed by atoms with Gasteiger partial charge in [0.1, 0.15) is 0 Å². The Balaban J connectivity index is 2.78. The molecule has 0 aliphatic rings. The molecule has 15 heavy (non-hydrogen) atoms. The van der Waals surface area contributed by atoms with Crippen molar-refractivity contribution in [3.63, 3.8) is 0 Å². The lowest BCUT2D eigenvalue weighted by Crippen LogP contribution is -2.22. The highest BCUT2D eigenvalue weighted by molar-refractivity contribution is 9.10. The molecule has 0 radical (unpaired) electrons. The van der Waals surface area contributed by atoms with Crippen molar-refractivity contribution < 1.29 is 13.2 Å². The Bertz CT molecular complexity index is 349. The smallest absolute Gasteiger partial charge is 0.260 e. The molecule has 0 fully saturated rings. The predicted molar refractivity (Wildman–Crippen MR) is 55.6 cm³/mol. The van der Waals surface area contributed by atoms with Crippen molar-refractivity contribution in [3.05, 3.63) is 28.0 Å². The second-order valence-electron chi connectivity index (χ2n) is 3.57. The summed E-state index contributed by atoms with van der Waals surface area (Å²) in [6.07, 6.45) is -2.69. The number of pyridine rings is 1. The van der Waals surface area contributed by atoms with Gasteiger partial charge in [-0.3, -0.25) is 4.98 Å². The monoisotopic (exact) mass is 281 g/mol. The highest BCUT2D eigenvalue weighted by Gasteiger charge is 2.35. The van der Waals surface area contributed by atoms with E-state index in [4.69, 9.17) is 0 Å². The third-order valence-corrected chi connectivity index (χ3v) is 3.01. The van der Waals surface area contributed by atoms with Crippen LogP contribution in [0, 0.1) is 12.8 Å². The first kappa shape index (κ1) is 12.5. The Morgan fingerprint density at radius 3 is 2.53 bits per heavy atom. The summed E-state index contributed by atoms with van der Waals surface area (Å²) in [7, 11) is 0. The van der Waals surface area contributed by atoms with Crippen molar-refractivity contribution in [1.29, 1.82) is 0 Å². The van der Waals surface area contributed by atoms with Gasteiger partial charge in [-0.1, -0.05) is 6.92 Å². The zero-order chi connectivity index (χ0) is 11.6. The third-order valence-electron chi connectivity index (χ3n) is 2.18. The van der Waals surface area contributed by atoms with E-state index in [0.717, 1.165) is 10.0 Å². The molecule has 5 heteroatoms. The summed E-state index contributed by atoms with van der Waals surface area (Å²) in [5.74, 6) is -1.36. The van der Waals surface area contributed by atoms with Crippen LogP contribution in [-0.2, 0) is 6.42 Å². The maximum atomic E-state index is 12.3. The van der Waals surface area contributed by atoms with Crippen molar-refractivity contribution in [1.82, 2.24) is 4.98 Å². The number of hydrogen-bond donors (Lipinski definition) is 0. The van der Waals surface area contributed by atoms with Crippen molar-refractivity contribution in [3.8, 4) is 0 Å². The number of aromatic nitrogens is 1. The van der Waals surface area contributed by atoms with Gasteiger partial charge in [-0.05, 0) is 34.5 Å². The van der Waals surface area contributed by atoms with Gasteiger partial charge in [0.15, 0.2) is 0 Å². The van der Waals surface area contributed by atoms with Crippen LogP contribution in [0.4, 0.5) is 13.2 Å². The van der Waals surface area contributed by atoms with Gasteiger partial charge in [0.25, 0.3) is 0 Å². The average molecular weight is 282 g/mol. The molecule has 0 aromatic carbocycles.